The van der Waals surface area contributed by atoms with Gasteiger partial charge in [-0.2, -0.15) is 0 Å². The summed E-state index contributed by atoms with van der Waals surface area (Å²) in [6.07, 6.45) is 3.90. The minimum Gasteiger partial charge on any atom is -0.257 e. The van der Waals surface area contributed by atoms with Gasteiger partial charge in [0.2, 0.25) is 0 Å². The normalized spacial score (nSPS) is 11.4. The van der Waals surface area contributed by atoms with E-state index in [1.54, 1.807) is 0 Å². The zero-order valence-electron chi connectivity index (χ0n) is 8.72. The Balaban J connectivity index is 2.29. The van der Waals surface area contributed by atoms with Crippen molar-refractivity contribution in [3.8, 4) is 0 Å². The van der Waals surface area contributed by atoms with Gasteiger partial charge in [-0.05, 0) is 36.3 Å². The van der Waals surface area contributed by atoms with Gasteiger partial charge in [0, 0.05) is 6.20 Å². The lowest BCUT2D eigenvalue weighted by Crippen LogP contribution is -1.81. The van der Waals surface area contributed by atoms with Crippen LogP contribution in [0, 0.1) is 0 Å². The lowest BCUT2D eigenvalue weighted by atomic mass is 10.1. The van der Waals surface area contributed by atoms with Crippen LogP contribution in [0.25, 0.3) is 11.6 Å². The van der Waals surface area contributed by atoms with Gasteiger partial charge in [-0.1, -0.05) is 36.4 Å². The van der Waals surface area contributed by atoms with E-state index in [1.807, 2.05) is 42.6 Å². The highest BCUT2D eigenvalue weighted by atomic mass is 14.6. The van der Waals surface area contributed by atoms with Crippen molar-refractivity contribution in [2.75, 3.05) is 0 Å². The van der Waals surface area contributed by atoms with Crippen LogP contribution in [0.15, 0.2) is 54.7 Å². The fraction of sp³-hybridized carbons (Fsp3) is 0.0714. The van der Waals surface area contributed by atoms with Crippen LogP contribution in [0.5, 0.6) is 0 Å². The highest BCUT2D eigenvalue weighted by Gasteiger charge is 1.94. The van der Waals surface area contributed by atoms with Gasteiger partial charge < -0.3 is 0 Å². The Labute approximate surface area is 90.1 Å². The Morgan fingerprint density at radius 2 is 1.73 bits per heavy atom. The monoisotopic (exact) mass is 195 g/mol. The van der Waals surface area contributed by atoms with E-state index >= 15 is 0 Å². The Morgan fingerprint density at radius 3 is 2.40 bits per heavy atom. The number of hydrogen-bond acceptors (Lipinski definition) is 1. The van der Waals surface area contributed by atoms with Crippen LogP contribution >= 0.6 is 0 Å². The van der Waals surface area contributed by atoms with E-state index in [-0.39, 0.29) is 0 Å². The number of hydrogen-bond donors (Lipinski definition) is 0. The maximum Gasteiger partial charge on any atom is 0.0632 e. The zero-order chi connectivity index (χ0) is 10.5. The summed E-state index contributed by atoms with van der Waals surface area (Å²) in [6, 6.07) is 16.3. The minimum atomic E-state index is 0.999. The quantitative estimate of drug-likeness (QED) is 0.712. The Kier molecular flexibility index (Phi) is 2.93. The van der Waals surface area contributed by atoms with Crippen molar-refractivity contribution in [2.24, 2.45) is 0 Å². The average molecular weight is 195 g/mol. The molecule has 0 saturated carbocycles. The van der Waals surface area contributed by atoms with Gasteiger partial charge in [-0.25, -0.2) is 0 Å². The molecule has 15 heavy (non-hydrogen) atoms. The van der Waals surface area contributed by atoms with Gasteiger partial charge in [0.25, 0.3) is 0 Å². The summed E-state index contributed by atoms with van der Waals surface area (Å²) in [7, 11) is 0. The van der Waals surface area contributed by atoms with Crippen molar-refractivity contribution >= 4 is 11.6 Å². The van der Waals surface area contributed by atoms with E-state index in [4.69, 9.17) is 0 Å². The molecule has 0 N–H and O–H groups in total. The molecule has 74 valence electrons. The van der Waals surface area contributed by atoms with Crippen LogP contribution in [0.3, 0.4) is 0 Å². The molecule has 1 heteroatoms. The molecular weight excluding hydrogens is 182 g/mol. The molecule has 0 atom stereocenters. The van der Waals surface area contributed by atoms with Crippen molar-refractivity contribution < 1.29 is 0 Å². The second-order valence-electron chi connectivity index (χ2n) is 3.45. The van der Waals surface area contributed by atoms with Gasteiger partial charge in [-0.3, -0.25) is 4.98 Å². The molecule has 0 radical (unpaired) electrons. The fourth-order valence-corrected chi connectivity index (χ4v) is 1.47. The summed E-state index contributed by atoms with van der Waals surface area (Å²) in [5, 5.41) is 0. The predicted octanol–water partition coefficient (Wildman–Crippen LogP) is 3.64. The third kappa shape index (κ3) is 2.53. The summed E-state index contributed by atoms with van der Waals surface area (Å²) < 4.78 is 0. The summed E-state index contributed by atoms with van der Waals surface area (Å²) in [4.78, 5) is 4.27. The molecule has 0 bridgehead atoms. The first-order chi connectivity index (χ1) is 7.36. The van der Waals surface area contributed by atoms with Gasteiger partial charge in [-0.15, -0.1) is 0 Å². The Hall–Kier alpha value is -1.89. The van der Waals surface area contributed by atoms with Crippen molar-refractivity contribution in [3.05, 3.63) is 66.0 Å². The van der Waals surface area contributed by atoms with Crippen molar-refractivity contribution in [1.29, 1.82) is 0 Å². The molecule has 0 aliphatic heterocycles. The summed E-state index contributed by atoms with van der Waals surface area (Å²) in [6.45, 7) is 2.10. The SMILES string of the molecule is C/C(=C/c1ccccn1)c1ccccc1. The molecule has 0 aliphatic rings. The van der Waals surface area contributed by atoms with Crippen LogP contribution in [-0.2, 0) is 0 Å². The molecule has 1 aromatic heterocycles. The van der Waals surface area contributed by atoms with E-state index in [9.17, 15) is 0 Å². The molecule has 0 spiro atoms. The van der Waals surface area contributed by atoms with Crippen molar-refractivity contribution in [3.63, 3.8) is 0 Å². The van der Waals surface area contributed by atoms with Crippen LogP contribution in [0.2, 0.25) is 0 Å². The maximum absolute atomic E-state index is 4.27. The molecular formula is C14H13N. The minimum absolute atomic E-state index is 0.999. The summed E-state index contributed by atoms with van der Waals surface area (Å²) >= 11 is 0. The fourth-order valence-electron chi connectivity index (χ4n) is 1.47. The molecule has 1 heterocycles. The van der Waals surface area contributed by atoms with Crippen molar-refractivity contribution in [2.45, 2.75) is 6.92 Å². The molecule has 2 rings (SSSR count). The molecule has 1 nitrogen and oxygen atoms in total. The second kappa shape index (κ2) is 4.56. The highest BCUT2D eigenvalue weighted by molar-refractivity contribution is 5.78. The van der Waals surface area contributed by atoms with E-state index < -0.39 is 0 Å². The molecule has 0 unspecified atom stereocenters. The van der Waals surface area contributed by atoms with Crippen LogP contribution in [-0.4, -0.2) is 4.98 Å². The predicted molar refractivity (Wildman–Crippen MR) is 64.2 cm³/mol. The maximum atomic E-state index is 4.27. The average Bonchev–Trinajstić information content (AvgIpc) is 2.31. The number of allylic oxidation sites excluding steroid dienone is 1. The molecule has 0 aliphatic carbocycles. The van der Waals surface area contributed by atoms with E-state index in [2.05, 4.69) is 30.1 Å². The standard InChI is InChI=1S/C14H13N/c1-12(13-7-3-2-4-8-13)11-14-9-5-6-10-15-14/h2-11H,1H3/b12-11-. The lowest BCUT2D eigenvalue weighted by molar-refractivity contribution is 1.29. The van der Waals surface area contributed by atoms with E-state index in [1.165, 1.54) is 11.1 Å². The van der Waals surface area contributed by atoms with Gasteiger partial charge >= 0.3 is 0 Å². The number of nitrogens with zero attached hydrogens (tertiary/aromatic N) is 1. The zero-order valence-corrected chi connectivity index (χ0v) is 8.72. The number of aromatic nitrogens is 1. The third-order valence-corrected chi connectivity index (χ3v) is 2.28. The van der Waals surface area contributed by atoms with Crippen LogP contribution < -0.4 is 0 Å². The smallest absolute Gasteiger partial charge is 0.0632 e. The van der Waals surface area contributed by atoms with Gasteiger partial charge in [0.15, 0.2) is 0 Å². The van der Waals surface area contributed by atoms with Gasteiger partial charge in [0.05, 0.1) is 5.69 Å². The molecule has 0 amide bonds. The summed E-state index contributed by atoms with van der Waals surface area (Å²) in [5.41, 5.74) is 3.47. The molecule has 0 fully saturated rings. The number of pyridine rings is 1. The molecule has 2 aromatic rings. The van der Waals surface area contributed by atoms with Crippen LogP contribution in [0.4, 0.5) is 0 Å². The van der Waals surface area contributed by atoms with Crippen molar-refractivity contribution in [1.82, 2.24) is 4.98 Å². The Bertz CT molecular complexity index is 443. The largest absolute Gasteiger partial charge is 0.257 e. The first-order valence-electron chi connectivity index (χ1n) is 5.01. The lowest BCUT2D eigenvalue weighted by Gasteiger charge is -2.00. The van der Waals surface area contributed by atoms with E-state index in [0.717, 1.165) is 5.69 Å². The summed E-state index contributed by atoms with van der Waals surface area (Å²) in [5.74, 6) is 0. The number of benzene rings is 1. The van der Waals surface area contributed by atoms with Crippen LogP contribution in [0.1, 0.15) is 18.2 Å². The number of rotatable bonds is 2. The highest BCUT2D eigenvalue weighted by Crippen LogP contribution is 2.15. The topological polar surface area (TPSA) is 12.9 Å². The molecule has 1 aromatic carbocycles. The van der Waals surface area contributed by atoms with Gasteiger partial charge in [0.1, 0.15) is 0 Å². The first-order valence-corrected chi connectivity index (χ1v) is 5.01. The first kappa shape index (κ1) is 9.66. The van der Waals surface area contributed by atoms with E-state index in [0.29, 0.717) is 0 Å². The third-order valence-electron chi connectivity index (χ3n) is 2.28. The molecule has 0 saturated heterocycles. The second-order valence-corrected chi connectivity index (χ2v) is 3.45. The Morgan fingerprint density at radius 1 is 1.00 bits per heavy atom.